The molecule has 0 saturated carbocycles. The number of nitrogens with zero attached hydrogens (tertiary/aromatic N) is 3. The first-order chi connectivity index (χ1) is 19.8. The Kier molecular flexibility index (Phi) is 7.63. The fourth-order valence-corrected chi connectivity index (χ4v) is 8.39. The van der Waals surface area contributed by atoms with Crippen LogP contribution in [-0.2, 0) is 16.0 Å². The predicted molar refractivity (Wildman–Crippen MR) is 166 cm³/mol. The SMILES string of the molecule is Cc1nsc(-c2cc3sc(-c4ccc(-c5nnc(CC(=O)O)s5)cc4)cc3s2)c1NC(=O)OC(C)c1ccccc1. The molecule has 4 aromatic heterocycles. The molecular formula is C29H22N4O4S4. The maximum Gasteiger partial charge on any atom is 0.412 e. The Hall–Kier alpha value is -3.97. The standard InChI is InChI=1S/C29H22N4O4S4/c1-15-26(30-29(36)37-16(2)17-6-4-3-5-7-17)27(41-33-15)23-13-22-21(39-23)12-20(38-22)18-8-10-19(11-9-18)28-32-31-24(40-28)14-25(34)35/h3-13,16H,14H2,1-2H3,(H,30,36)(H,34,35). The molecule has 0 fully saturated rings. The topological polar surface area (TPSA) is 114 Å². The van der Waals surface area contributed by atoms with E-state index in [0.29, 0.717) is 15.7 Å². The van der Waals surface area contributed by atoms with Crippen molar-refractivity contribution in [3.63, 3.8) is 0 Å². The summed E-state index contributed by atoms with van der Waals surface area (Å²) in [5, 5.41) is 21.2. The number of benzene rings is 2. The van der Waals surface area contributed by atoms with Crippen LogP contribution in [0.15, 0.2) is 66.7 Å². The summed E-state index contributed by atoms with van der Waals surface area (Å²) in [5.74, 6) is -0.919. The van der Waals surface area contributed by atoms with E-state index in [-0.39, 0.29) is 12.5 Å². The van der Waals surface area contributed by atoms with Gasteiger partial charge in [0.2, 0.25) is 0 Å². The van der Waals surface area contributed by atoms with Crippen molar-refractivity contribution in [2.75, 3.05) is 5.32 Å². The molecule has 4 heterocycles. The number of rotatable bonds is 8. The summed E-state index contributed by atoms with van der Waals surface area (Å²) in [6, 6.07) is 22.0. The number of hydrogen-bond donors (Lipinski definition) is 2. The number of amides is 1. The van der Waals surface area contributed by atoms with Gasteiger partial charge in [-0.25, -0.2) is 4.79 Å². The minimum absolute atomic E-state index is 0.125. The lowest BCUT2D eigenvalue weighted by atomic mass is 10.1. The van der Waals surface area contributed by atoms with E-state index in [4.69, 9.17) is 9.84 Å². The van der Waals surface area contributed by atoms with Gasteiger partial charge in [0.1, 0.15) is 16.1 Å². The van der Waals surface area contributed by atoms with Gasteiger partial charge in [-0.3, -0.25) is 10.1 Å². The van der Waals surface area contributed by atoms with Crippen LogP contribution < -0.4 is 5.32 Å². The van der Waals surface area contributed by atoms with Crippen molar-refractivity contribution in [3.05, 3.63) is 83.0 Å². The van der Waals surface area contributed by atoms with Crippen LogP contribution in [0.25, 0.3) is 40.2 Å². The Labute approximate surface area is 251 Å². The fraction of sp³-hybridized carbons (Fsp3) is 0.138. The summed E-state index contributed by atoms with van der Waals surface area (Å²) < 4.78 is 12.4. The number of thiophene rings is 2. The molecule has 0 saturated heterocycles. The molecule has 12 heteroatoms. The van der Waals surface area contributed by atoms with Crippen molar-refractivity contribution < 1.29 is 19.4 Å². The number of carboxylic acid groups (broad SMARTS) is 1. The minimum atomic E-state index is -0.919. The van der Waals surface area contributed by atoms with Gasteiger partial charge in [0.15, 0.2) is 0 Å². The van der Waals surface area contributed by atoms with Gasteiger partial charge < -0.3 is 9.84 Å². The smallest absolute Gasteiger partial charge is 0.412 e. The van der Waals surface area contributed by atoms with E-state index in [1.807, 2.05) is 68.4 Å². The number of aromatic nitrogens is 3. The van der Waals surface area contributed by atoms with Gasteiger partial charge in [0, 0.05) is 19.8 Å². The predicted octanol–water partition coefficient (Wildman–Crippen LogP) is 8.52. The molecule has 2 N–H and O–H groups in total. The highest BCUT2D eigenvalue weighted by Gasteiger charge is 2.20. The average Bonchev–Trinajstić information content (AvgIpc) is 3.74. The second kappa shape index (κ2) is 11.5. The van der Waals surface area contributed by atoms with Crippen molar-refractivity contribution in [2.24, 2.45) is 0 Å². The summed E-state index contributed by atoms with van der Waals surface area (Å²) >= 11 is 6.02. The Morgan fingerprint density at radius 3 is 2.34 bits per heavy atom. The fourth-order valence-electron chi connectivity index (χ4n) is 4.21. The molecule has 1 amide bonds. The first-order valence-corrected chi connectivity index (χ1v) is 15.7. The summed E-state index contributed by atoms with van der Waals surface area (Å²) in [6.45, 7) is 3.73. The molecule has 1 atom stereocenters. The Morgan fingerprint density at radius 1 is 0.927 bits per heavy atom. The number of aryl methyl sites for hydroxylation is 1. The molecule has 8 nitrogen and oxygen atoms in total. The number of anilines is 1. The van der Waals surface area contributed by atoms with Crippen molar-refractivity contribution in [2.45, 2.75) is 26.4 Å². The maximum atomic E-state index is 12.7. The zero-order chi connectivity index (χ0) is 28.5. The lowest BCUT2D eigenvalue weighted by Gasteiger charge is -2.14. The van der Waals surface area contributed by atoms with E-state index in [2.05, 4.69) is 32.0 Å². The first-order valence-electron chi connectivity index (χ1n) is 12.5. The molecule has 0 aliphatic rings. The number of carbonyl (C=O) groups is 2. The van der Waals surface area contributed by atoms with Gasteiger partial charge in [0.05, 0.1) is 27.6 Å². The van der Waals surface area contributed by atoms with Gasteiger partial charge >= 0.3 is 12.1 Å². The number of carbonyl (C=O) groups excluding carboxylic acids is 1. The van der Waals surface area contributed by atoms with E-state index in [9.17, 15) is 9.59 Å². The highest BCUT2D eigenvalue weighted by molar-refractivity contribution is 7.32. The molecule has 0 radical (unpaired) electrons. The highest BCUT2D eigenvalue weighted by atomic mass is 32.1. The second-order valence-electron chi connectivity index (χ2n) is 9.15. The molecule has 0 aliphatic carbocycles. The van der Waals surface area contributed by atoms with Gasteiger partial charge in [-0.05, 0) is 48.6 Å². The van der Waals surface area contributed by atoms with Gasteiger partial charge in [-0.15, -0.1) is 32.9 Å². The monoisotopic (exact) mass is 618 g/mol. The summed E-state index contributed by atoms with van der Waals surface area (Å²) in [6.07, 6.45) is -1.01. The van der Waals surface area contributed by atoms with Crippen LogP contribution in [0.3, 0.4) is 0 Å². The number of fused-ring (bicyclic) bond motifs is 1. The van der Waals surface area contributed by atoms with Crippen molar-refractivity contribution in [1.82, 2.24) is 14.6 Å². The van der Waals surface area contributed by atoms with E-state index in [1.54, 1.807) is 22.7 Å². The number of ether oxygens (including phenoxy) is 1. The number of carboxylic acids is 1. The van der Waals surface area contributed by atoms with Gasteiger partial charge in [-0.1, -0.05) is 65.9 Å². The van der Waals surface area contributed by atoms with Crippen LogP contribution in [0, 0.1) is 6.92 Å². The second-order valence-corrected chi connectivity index (χ2v) is 13.2. The van der Waals surface area contributed by atoms with Crippen LogP contribution in [0.5, 0.6) is 0 Å². The van der Waals surface area contributed by atoms with Crippen LogP contribution in [0.2, 0.25) is 0 Å². The first kappa shape index (κ1) is 27.2. The summed E-state index contributed by atoms with van der Waals surface area (Å²) in [7, 11) is 0. The molecule has 2 aromatic carbocycles. The molecular weight excluding hydrogens is 597 g/mol. The number of aliphatic carboxylic acids is 1. The average molecular weight is 619 g/mol. The van der Waals surface area contributed by atoms with Crippen LogP contribution >= 0.6 is 45.5 Å². The maximum absolute atomic E-state index is 12.7. The zero-order valence-corrected chi connectivity index (χ0v) is 25.0. The molecule has 0 bridgehead atoms. The van der Waals surface area contributed by atoms with Gasteiger partial charge in [0.25, 0.3) is 0 Å². The largest absolute Gasteiger partial charge is 0.481 e. The van der Waals surface area contributed by atoms with Crippen LogP contribution in [0.1, 0.15) is 29.3 Å². The van der Waals surface area contributed by atoms with Crippen molar-refractivity contribution in [1.29, 1.82) is 0 Å². The Bertz CT molecular complexity index is 1820. The summed E-state index contributed by atoms with van der Waals surface area (Å²) in [5.41, 5.74) is 4.34. The quantitative estimate of drug-likeness (QED) is 0.176. The molecule has 0 spiro atoms. The molecule has 41 heavy (non-hydrogen) atoms. The third kappa shape index (κ3) is 5.91. The normalized spacial score (nSPS) is 12.0. The van der Waals surface area contributed by atoms with E-state index in [0.717, 1.165) is 46.4 Å². The molecule has 1 unspecified atom stereocenters. The minimum Gasteiger partial charge on any atom is -0.481 e. The van der Waals surface area contributed by atoms with Crippen LogP contribution in [0.4, 0.5) is 10.5 Å². The molecule has 206 valence electrons. The summed E-state index contributed by atoms with van der Waals surface area (Å²) in [4.78, 5) is 26.7. The number of nitrogens with one attached hydrogen (secondary N) is 1. The third-order valence-electron chi connectivity index (χ3n) is 6.26. The lowest BCUT2D eigenvalue weighted by molar-refractivity contribution is -0.136. The highest BCUT2D eigenvalue weighted by Crippen LogP contribution is 2.45. The lowest BCUT2D eigenvalue weighted by Crippen LogP contribution is -2.16. The van der Waals surface area contributed by atoms with E-state index >= 15 is 0 Å². The van der Waals surface area contributed by atoms with E-state index < -0.39 is 12.1 Å². The van der Waals surface area contributed by atoms with Crippen LogP contribution in [-0.4, -0.2) is 31.7 Å². The van der Waals surface area contributed by atoms with Crippen molar-refractivity contribution >= 4 is 72.7 Å². The Balaban J connectivity index is 1.17. The molecule has 6 aromatic rings. The van der Waals surface area contributed by atoms with E-state index in [1.165, 1.54) is 22.9 Å². The zero-order valence-electron chi connectivity index (χ0n) is 21.8. The molecule has 0 aliphatic heterocycles. The Morgan fingerprint density at radius 2 is 1.61 bits per heavy atom. The number of hydrogen-bond acceptors (Lipinski definition) is 10. The third-order valence-corrected chi connectivity index (χ3v) is 10.7. The molecule has 6 rings (SSSR count). The van der Waals surface area contributed by atoms with Crippen molar-refractivity contribution in [3.8, 4) is 30.8 Å². The van der Waals surface area contributed by atoms with Gasteiger partial charge in [-0.2, -0.15) is 4.37 Å².